The molecule has 0 spiro atoms. The molecule has 1 saturated heterocycles. The number of alkyl carbamates (subject to hydrolysis) is 1. The first-order valence-corrected chi connectivity index (χ1v) is 14.2. The highest BCUT2D eigenvalue weighted by Gasteiger charge is 2.32. The lowest BCUT2D eigenvalue weighted by molar-refractivity contribution is -0.132. The fourth-order valence-electron chi connectivity index (χ4n) is 4.41. The second-order valence-electron chi connectivity index (χ2n) is 10.1. The first-order valence-electron chi connectivity index (χ1n) is 14.2. The summed E-state index contributed by atoms with van der Waals surface area (Å²) in [5.74, 6) is 1.20. The molecule has 0 unspecified atom stereocenters. The molecule has 1 fully saturated rings. The van der Waals surface area contributed by atoms with Crippen molar-refractivity contribution in [3.8, 4) is 17.4 Å². The number of methoxy groups -OCH3 is 2. The molecule has 0 saturated carbocycles. The summed E-state index contributed by atoms with van der Waals surface area (Å²) >= 11 is 0. The number of carbonyl (C=O) groups is 3. The van der Waals surface area contributed by atoms with Gasteiger partial charge in [0.2, 0.25) is 11.8 Å². The molecular weight excluding hydrogens is 572 g/mol. The van der Waals surface area contributed by atoms with Gasteiger partial charge >= 0.3 is 6.09 Å². The molecular formula is C30H38N6O8. The maximum absolute atomic E-state index is 13.2. The van der Waals surface area contributed by atoms with Gasteiger partial charge in [-0.2, -0.15) is 5.10 Å². The van der Waals surface area contributed by atoms with Gasteiger partial charge in [-0.15, -0.1) is 0 Å². The number of anilines is 1. The Morgan fingerprint density at radius 1 is 1.11 bits per heavy atom. The lowest BCUT2D eigenvalue weighted by atomic mass is 10.2. The molecule has 3 amide bonds. The monoisotopic (exact) mass is 610 g/mol. The van der Waals surface area contributed by atoms with Gasteiger partial charge in [0.1, 0.15) is 36.9 Å². The predicted octanol–water partition coefficient (Wildman–Crippen LogP) is 2.42. The Kier molecular flexibility index (Phi) is 11.8. The number of pyridine rings is 1. The molecule has 0 bridgehead atoms. The molecule has 2 aromatic heterocycles. The van der Waals surface area contributed by atoms with Crippen LogP contribution in [-0.4, -0.2) is 96.8 Å². The van der Waals surface area contributed by atoms with Crippen LogP contribution >= 0.6 is 0 Å². The zero-order valence-corrected chi connectivity index (χ0v) is 25.1. The Morgan fingerprint density at radius 3 is 2.70 bits per heavy atom. The lowest BCUT2D eigenvalue weighted by Gasteiger charge is -2.23. The van der Waals surface area contributed by atoms with Gasteiger partial charge < -0.3 is 39.2 Å². The molecule has 1 aromatic carbocycles. The van der Waals surface area contributed by atoms with Crippen LogP contribution < -0.4 is 24.8 Å². The Balaban J connectivity index is 1.26. The molecule has 0 aliphatic carbocycles. The van der Waals surface area contributed by atoms with Crippen LogP contribution in [0.1, 0.15) is 18.4 Å². The third-order valence-corrected chi connectivity index (χ3v) is 6.73. The smallest absolute Gasteiger partial charge is 0.406 e. The fourth-order valence-corrected chi connectivity index (χ4v) is 4.41. The number of nitrogens with one attached hydrogen (secondary N) is 2. The van der Waals surface area contributed by atoms with E-state index in [0.29, 0.717) is 62.1 Å². The van der Waals surface area contributed by atoms with Gasteiger partial charge in [-0.25, -0.2) is 9.78 Å². The number of benzene rings is 1. The van der Waals surface area contributed by atoms with Crippen molar-refractivity contribution in [2.75, 3.05) is 52.4 Å². The Morgan fingerprint density at radius 2 is 1.93 bits per heavy atom. The molecule has 1 aliphatic rings. The van der Waals surface area contributed by atoms with Gasteiger partial charge in [-0.3, -0.25) is 14.3 Å². The number of aryl methyl sites for hydroxylation is 1. The topological polar surface area (TPSA) is 155 Å². The molecule has 3 aromatic rings. The zero-order chi connectivity index (χ0) is 31.3. The first kappa shape index (κ1) is 32.1. The van der Waals surface area contributed by atoms with Crippen LogP contribution in [0.25, 0.3) is 0 Å². The Labute approximate surface area is 255 Å². The van der Waals surface area contributed by atoms with Crippen molar-refractivity contribution in [1.29, 1.82) is 0 Å². The average molecular weight is 611 g/mol. The summed E-state index contributed by atoms with van der Waals surface area (Å²) in [6.07, 6.45) is 4.00. The van der Waals surface area contributed by atoms with Crippen LogP contribution in [0.4, 0.5) is 10.5 Å². The number of hydrogen-bond donors (Lipinski definition) is 2. The van der Waals surface area contributed by atoms with E-state index in [9.17, 15) is 14.4 Å². The Bertz CT molecular complexity index is 1380. The summed E-state index contributed by atoms with van der Waals surface area (Å²) < 4.78 is 28.5. The van der Waals surface area contributed by atoms with Crippen LogP contribution in [0.5, 0.6) is 17.4 Å². The average Bonchev–Trinajstić information content (AvgIpc) is 3.68. The molecule has 236 valence electrons. The molecule has 14 heteroatoms. The number of hydrogen-bond acceptors (Lipinski definition) is 10. The lowest BCUT2D eigenvalue weighted by Crippen LogP contribution is -2.39. The normalized spacial score (nSPS) is 15.7. The molecule has 3 heterocycles. The van der Waals surface area contributed by atoms with E-state index in [2.05, 4.69) is 25.5 Å². The van der Waals surface area contributed by atoms with Gasteiger partial charge in [0.25, 0.3) is 5.91 Å². The van der Waals surface area contributed by atoms with Gasteiger partial charge in [-0.05, 0) is 31.5 Å². The highest BCUT2D eigenvalue weighted by atomic mass is 16.6. The van der Waals surface area contributed by atoms with Crippen molar-refractivity contribution in [2.45, 2.75) is 38.5 Å². The maximum Gasteiger partial charge on any atom is 0.406 e. The number of amides is 3. The quantitative estimate of drug-likeness (QED) is 0.245. The molecule has 1 aliphatic heterocycles. The second kappa shape index (κ2) is 16.1. The summed E-state index contributed by atoms with van der Waals surface area (Å²) in [4.78, 5) is 43.1. The highest BCUT2D eigenvalue weighted by Crippen LogP contribution is 2.23. The van der Waals surface area contributed by atoms with Crippen LogP contribution in [0, 0.1) is 6.92 Å². The predicted molar refractivity (Wildman–Crippen MR) is 159 cm³/mol. The molecule has 2 N–H and O–H groups in total. The third kappa shape index (κ3) is 9.87. The molecule has 4 rings (SSSR count). The molecule has 44 heavy (non-hydrogen) atoms. The van der Waals surface area contributed by atoms with Crippen molar-refractivity contribution in [3.63, 3.8) is 0 Å². The fraction of sp³-hybridized carbons (Fsp3) is 0.433. The Hall–Kier alpha value is -4.85. The van der Waals surface area contributed by atoms with E-state index >= 15 is 0 Å². The van der Waals surface area contributed by atoms with E-state index in [1.807, 2.05) is 31.2 Å². The van der Waals surface area contributed by atoms with E-state index in [1.54, 1.807) is 29.4 Å². The van der Waals surface area contributed by atoms with Crippen molar-refractivity contribution in [2.24, 2.45) is 0 Å². The van der Waals surface area contributed by atoms with E-state index < -0.39 is 12.2 Å². The summed E-state index contributed by atoms with van der Waals surface area (Å²) in [7, 11) is 2.82. The van der Waals surface area contributed by atoms with Crippen molar-refractivity contribution >= 4 is 23.6 Å². The maximum atomic E-state index is 13.2. The van der Waals surface area contributed by atoms with Crippen LogP contribution in [-0.2, 0) is 25.6 Å². The molecule has 2 atom stereocenters. The summed E-state index contributed by atoms with van der Waals surface area (Å²) in [6.45, 7) is 3.57. The van der Waals surface area contributed by atoms with Gasteiger partial charge in [0.15, 0.2) is 0 Å². The van der Waals surface area contributed by atoms with E-state index in [-0.39, 0.29) is 31.1 Å². The SMILES string of the molecule is COC(=O)NCCCN(CCOc1ccc(C)cc1)C(=O)Cn1cc(NC(=O)[C@H]2C[C@H](Oc3ccnc(OC)c3)CO2)cn1. The minimum Gasteiger partial charge on any atom is -0.492 e. The number of rotatable bonds is 15. The number of aromatic nitrogens is 3. The van der Waals surface area contributed by atoms with E-state index in [4.69, 9.17) is 18.9 Å². The third-order valence-electron chi connectivity index (χ3n) is 6.73. The standard InChI is InChI=1S/C30H38N6O8/c1-21-5-7-23(8-6-21)42-14-13-35(12-4-10-32-30(39)41-3)28(37)19-36-18-22(17-33-36)34-29(38)26-15-25(20-43-26)44-24-9-11-31-27(16-24)40-2/h5-9,11,16-18,25-26H,4,10,12-15,19-20H2,1-3H3,(H,32,39)(H,34,38)/t25-,26+/m0/s1. The second-order valence-corrected chi connectivity index (χ2v) is 10.1. The first-order chi connectivity index (χ1) is 21.3. The van der Waals surface area contributed by atoms with Gasteiger partial charge in [0, 0.05) is 38.0 Å². The van der Waals surface area contributed by atoms with Crippen molar-refractivity contribution < 1.29 is 38.1 Å². The van der Waals surface area contributed by atoms with E-state index in [0.717, 1.165) is 5.56 Å². The number of nitrogens with zero attached hydrogens (tertiary/aromatic N) is 4. The number of ether oxygens (including phenoxy) is 5. The van der Waals surface area contributed by atoms with Gasteiger partial charge in [0.05, 0.1) is 39.3 Å². The molecule has 14 nitrogen and oxygen atoms in total. The summed E-state index contributed by atoms with van der Waals surface area (Å²) in [5.41, 5.74) is 1.56. The van der Waals surface area contributed by atoms with E-state index in [1.165, 1.54) is 25.1 Å². The minimum atomic E-state index is -0.698. The highest BCUT2D eigenvalue weighted by molar-refractivity contribution is 5.94. The largest absolute Gasteiger partial charge is 0.492 e. The minimum absolute atomic E-state index is 0.0456. The van der Waals surface area contributed by atoms with Crippen LogP contribution in [0.15, 0.2) is 55.0 Å². The van der Waals surface area contributed by atoms with Crippen molar-refractivity contribution in [1.82, 2.24) is 25.0 Å². The zero-order valence-electron chi connectivity index (χ0n) is 25.1. The van der Waals surface area contributed by atoms with Crippen LogP contribution in [0.2, 0.25) is 0 Å². The van der Waals surface area contributed by atoms with Gasteiger partial charge in [-0.1, -0.05) is 17.7 Å². The summed E-state index contributed by atoms with van der Waals surface area (Å²) in [5, 5.41) is 9.65. The molecule has 0 radical (unpaired) electrons. The van der Waals surface area contributed by atoms with Crippen molar-refractivity contribution in [3.05, 3.63) is 60.6 Å². The van der Waals surface area contributed by atoms with Crippen LogP contribution in [0.3, 0.4) is 0 Å². The summed E-state index contributed by atoms with van der Waals surface area (Å²) in [6, 6.07) is 11.0. The number of carbonyl (C=O) groups excluding carboxylic acids is 3.